The largest absolute Gasteiger partial charge is 0.454 e. The molecule has 0 radical (unpaired) electrons. The molecule has 0 bridgehead atoms. The second-order valence-corrected chi connectivity index (χ2v) is 7.24. The number of benzene rings is 1. The summed E-state index contributed by atoms with van der Waals surface area (Å²) in [6, 6.07) is 8.24. The van der Waals surface area contributed by atoms with Gasteiger partial charge in [0.2, 0.25) is 6.79 Å². The van der Waals surface area contributed by atoms with Crippen molar-refractivity contribution in [3.05, 3.63) is 40.1 Å². The van der Waals surface area contributed by atoms with E-state index in [4.69, 9.17) is 14.5 Å². The third kappa shape index (κ3) is 3.62. The molecule has 1 aromatic heterocycles. The zero-order valence-electron chi connectivity index (χ0n) is 13.7. The quantitative estimate of drug-likeness (QED) is 0.762. The van der Waals surface area contributed by atoms with Crippen molar-refractivity contribution in [3.8, 4) is 11.5 Å². The van der Waals surface area contributed by atoms with Crippen molar-refractivity contribution in [2.45, 2.75) is 25.7 Å². The van der Waals surface area contributed by atoms with Crippen LogP contribution in [0.2, 0.25) is 0 Å². The molecule has 2 aliphatic heterocycles. The minimum absolute atomic E-state index is 0.305. The van der Waals surface area contributed by atoms with Crippen LogP contribution in [0.3, 0.4) is 0 Å². The molecule has 3 heterocycles. The molecule has 0 spiro atoms. The van der Waals surface area contributed by atoms with Crippen molar-refractivity contribution in [2.24, 2.45) is 4.99 Å². The van der Waals surface area contributed by atoms with Gasteiger partial charge in [-0.1, -0.05) is 12.5 Å². The minimum atomic E-state index is 0.305. The molecular formula is C19H22N2O2S. The molecule has 1 saturated heterocycles. The molecule has 0 amide bonds. The van der Waals surface area contributed by atoms with Gasteiger partial charge in [-0.15, -0.1) is 11.3 Å². The number of piperidine rings is 1. The van der Waals surface area contributed by atoms with Crippen molar-refractivity contribution in [2.75, 3.05) is 26.4 Å². The summed E-state index contributed by atoms with van der Waals surface area (Å²) in [5.74, 6) is 1.65. The van der Waals surface area contributed by atoms with Crippen molar-refractivity contribution in [3.63, 3.8) is 0 Å². The molecule has 1 aromatic carbocycles. The summed E-state index contributed by atoms with van der Waals surface area (Å²) in [6.45, 7) is 3.83. The highest BCUT2D eigenvalue weighted by atomic mass is 32.1. The first-order valence-corrected chi connectivity index (χ1v) is 9.49. The molecule has 4 rings (SSSR count). The van der Waals surface area contributed by atoms with E-state index in [1.807, 2.05) is 18.3 Å². The van der Waals surface area contributed by atoms with Gasteiger partial charge >= 0.3 is 0 Å². The van der Waals surface area contributed by atoms with E-state index >= 15 is 0 Å². The number of rotatable bonds is 5. The first kappa shape index (κ1) is 15.7. The Bertz CT molecular complexity index is 706. The van der Waals surface area contributed by atoms with Gasteiger partial charge in [-0.05, 0) is 55.4 Å². The number of likely N-dealkylation sites (tertiary alicyclic amines) is 1. The van der Waals surface area contributed by atoms with Gasteiger partial charge < -0.3 is 14.4 Å². The maximum absolute atomic E-state index is 5.55. The molecule has 0 saturated carbocycles. The lowest BCUT2D eigenvalue weighted by Gasteiger charge is -2.26. The predicted octanol–water partition coefficient (Wildman–Crippen LogP) is 4.26. The number of hydrogen-bond donors (Lipinski definition) is 0. The van der Waals surface area contributed by atoms with Crippen LogP contribution in [0.4, 0.5) is 5.69 Å². The second-order valence-electron chi connectivity index (χ2n) is 6.26. The van der Waals surface area contributed by atoms with Gasteiger partial charge in [0, 0.05) is 23.7 Å². The summed E-state index contributed by atoms with van der Waals surface area (Å²) in [4.78, 5) is 8.44. The summed E-state index contributed by atoms with van der Waals surface area (Å²) in [5, 5.41) is 2.07. The predicted molar refractivity (Wildman–Crippen MR) is 98.1 cm³/mol. The monoisotopic (exact) mass is 342 g/mol. The van der Waals surface area contributed by atoms with E-state index in [0.717, 1.165) is 35.0 Å². The van der Waals surface area contributed by atoms with E-state index in [1.54, 1.807) is 11.3 Å². The summed E-state index contributed by atoms with van der Waals surface area (Å²) in [5.41, 5.74) is 2.22. The Kier molecular flexibility index (Phi) is 4.81. The van der Waals surface area contributed by atoms with Gasteiger partial charge in [0.05, 0.1) is 5.69 Å². The van der Waals surface area contributed by atoms with Crippen molar-refractivity contribution >= 4 is 23.2 Å². The highest BCUT2D eigenvalue weighted by Gasteiger charge is 2.18. The van der Waals surface area contributed by atoms with Gasteiger partial charge in [0.25, 0.3) is 0 Å². The van der Waals surface area contributed by atoms with Crippen LogP contribution in [0.5, 0.6) is 11.5 Å². The summed E-state index contributed by atoms with van der Waals surface area (Å²) >= 11 is 1.70. The van der Waals surface area contributed by atoms with Gasteiger partial charge in [-0.3, -0.25) is 4.99 Å². The maximum atomic E-state index is 5.55. The van der Waals surface area contributed by atoms with Gasteiger partial charge in [-0.25, -0.2) is 0 Å². The molecule has 0 unspecified atom stereocenters. The van der Waals surface area contributed by atoms with E-state index in [1.165, 1.54) is 37.9 Å². The maximum Gasteiger partial charge on any atom is 0.231 e. The third-order valence-electron chi connectivity index (χ3n) is 4.59. The molecule has 126 valence electrons. The molecule has 2 aromatic rings. The van der Waals surface area contributed by atoms with Crippen LogP contribution in [0.1, 0.15) is 29.7 Å². The Morgan fingerprint density at radius 3 is 2.75 bits per heavy atom. The molecule has 24 heavy (non-hydrogen) atoms. The zero-order valence-corrected chi connectivity index (χ0v) is 14.6. The summed E-state index contributed by atoms with van der Waals surface area (Å²) < 4.78 is 11.1. The van der Waals surface area contributed by atoms with Gasteiger partial charge in [-0.2, -0.15) is 0 Å². The van der Waals surface area contributed by atoms with Crippen LogP contribution < -0.4 is 9.47 Å². The Balaban J connectivity index is 1.54. The molecule has 0 N–H and O–H groups in total. The molecule has 1 fully saturated rings. The minimum Gasteiger partial charge on any atom is -0.454 e. The Morgan fingerprint density at radius 2 is 1.96 bits per heavy atom. The van der Waals surface area contributed by atoms with Gasteiger partial charge in [0.15, 0.2) is 11.5 Å². The Morgan fingerprint density at radius 1 is 1.12 bits per heavy atom. The first-order valence-electron chi connectivity index (χ1n) is 8.61. The van der Waals surface area contributed by atoms with Crippen LogP contribution in [0, 0.1) is 0 Å². The molecular weight excluding hydrogens is 320 g/mol. The first-order chi connectivity index (χ1) is 11.9. The topological polar surface area (TPSA) is 34.1 Å². The number of fused-ring (bicyclic) bond motifs is 1. The lowest BCUT2D eigenvalue weighted by atomic mass is 10.1. The molecule has 4 nitrogen and oxygen atoms in total. The van der Waals surface area contributed by atoms with Crippen LogP contribution in [0.25, 0.3) is 0 Å². The Hall–Kier alpha value is -1.85. The third-order valence-corrected chi connectivity index (χ3v) is 5.40. The summed E-state index contributed by atoms with van der Waals surface area (Å²) in [6.07, 6.45) is 6.95. The van der Waals surface area contributed by atoms with Gasteiger partial charge in [0.1, 0.15) is 0 Å². The molecule has 5 heteroatoms. The highest BCUT2D eigenvalue weighted by Crippen LogP contribution is 2.38. The SMILES string of the molecule is C(=Nc1cc2c(cc1CCN1CCCCC1)OCO2)c1cccs1. The number of ether oxygens (including phenoxy) is 2. The summed E-state index contributed by atoms with van der Waals surface area (Å²) in [7, 11) is 0. The van der Waals surface area contributed by atoms with Crippen molar-refractivity contribution in [1.29, 1.82) is 0 Å². The second kappa shape index (κ2) is 7.36. The lowest BCUT2D eigenvalue weighted by Crippen LogP contribution is -2.31. The average molecular weight is 342 g/mol. The highest BCUT2D eigenvalue weighted by molar-refractivity contribution is 7.11. The average Bonchev–Trinajstić information content (AvgIpc) is 3.29. The van der Waals surface area contributed by atoms with E-state index in [0.29, 0.717) is 6.79 Å². The number of aliphatic imine (C=N–C) groups is 1. The lowest BCUT2D eigenvalue weighted by molar-refractivity contribution is 0.174. The smallest absolute Gasteiger partial charge is 0.231 e. The molecule has 2 aliphatic rings. The van der Waals surface area contributed by atoms with Crippen molar-refractivity contribution in [1.82, 2.24) is 4.90 Å². The number of thiophene rings is 1. The van der Waals surface area contributed by atoms with Crippen LogP contribution in [-0.2, 0) is 6.42 Å². The molecule has 0 aliphatic carbocycles. The van der Waals surface area contributed by atoms with E-state index in [9.17, 15) is 0 Å². The standard InChI is InChI=1S/C19H22N2O2S/c1-2-7-21(8-3-1)9-6-15-11-18-19(23-14-22-18)12-17(15)20-13-16-5-4-10-24-16/h4-5,10-13H,1-3,6-9,14H2. The van der Waals surface area contributed by atoms with Crippen molar-refractivity contribution < 1.29 is 9.47 Å². The molecule has 0 atom stereocenters. The fraction of sp³-hybridized carbons (Fsp3) is 0.421. The fourth-order valence-corrected chi connectivity index (χ4v) is 3.84. The Labute approximate surface area is 146 Å². The number of nitrogens with zero attached hydrogens (tertiary/aromatic N) is 2. The van der Waals surface area contributed by atoms with Crippen LogP contribution >= 0.6 is 11.3 Å². The normalized spacial score (nSPS) is 17.7. The fourth-order valence-electron chi connectivity index (χ4n) is 3.25. The van der Waals surface area contributed by atoms with Crippen LogP contribution in [-0.4, -0.2) is 37.5 Å². The van der Waals surface area contributed by atoms with E-state index in [-0.39, 0.29) is 0 Å². The van der Waals surface area contributed by atoms with E-state index in [2.05, 4.69) is 22.4 Å². The zero-order chi connectivity index (χ0) is 16.2. The van der Waals surface area contributed by atoms with E-state index < -0.39 is 0 Å². The number of hydrogen-bond acceptors (Lipinski definition) is 5. The van der Waals surface area contributed by atoms with Crippen LogP contribution in [0.15, 0.2) is 34.6 Å².